The lowest BCUT2D eigenvalue weighted by molar-refractivity contribution is -0.137. The van der Waals surface area contributed by atoms with Crippen molar-refractivity contribution < 1.29 is 29.3 Å². The topological polar surface area (TPSA) is 111 Å². The van der Waals surface area contributed by atoms with Crippen LogP contribution < -0.4 is 0 Å². The van der Waals surface area contributed by atoms with Crippen LogP contribution >= 0.6 is 0 Å². The fraction of sp³-hybridized carbons (Fsp3) is 0.833. The molecule has 0 spiro atoms. The van der Waals surface area contributed by atoms with Gasteiger partial charge in [0.05, 0.1) is 6.04 Å². The molecular weight excluding hydrogens is 354 g/mol. The standard InChI is InChI=1S/C16H31N3O2.2CH2O2/c1-15(18-8-3-4-9-18)16(20)19-12-10-17(11-13-19)7-5-6-14-21-2;2*2-1-3/h15H,3-14H2,1-2H3;2*1H,(H,2,3). The van der Waals surface area contributed by atoms with Crippen molar-refractivity contribution in [2.24, 2.45) is 0 Å². The predicted molar refractivity (Wildman–Crippen MR) is 102 cm³/mol. The second-order valence-corrected chi connectivity index (χ2v) is 6.50. The van der Waals surface area contributed by atoms with Gasteiger partial charge in [0.2, 0.25) is 5.91 Å². The molecule has 1 unspecified atom stereocenters. The molecule has 2 fully saturated rings. The number of unbranched alkanes of at least 4 members (excludes halogenated alkanes) is 1. The Balaban J connectivity index is 0.000000997. The highest BCUT2D eigenvalue weighted by Gasteiger charge is 2.29. The molecule has 0 bridgehead atoms. The third-order valence-electron chi connectivity index (χ3n) is 4.80. The number of hydrogen-bond donors (Lipinski definition) is 2. The van der Waals surface area contributed by atoms with E-state index in [1.165, 1.54) is 19.3 Å². The fourth-order valence-corrected chi connectivity index (χ4v) is 3.32. The summed E-state index contributed by atoms with van der Waals surface area (Å²) >= 11 is 0. The van der Waals surface area contributed by atoms with E-state index in [9.17, 15) is 4.79 Å². The lowest BCUT2D eigenvalue weighted by atomic mass is 10.2. The van der Waals surface area contributed by atoms with Gasteiger partial charge in [0.15, 0.2) is 0 Å². The van der Waals surface area contributed by atoms with Crippen molar-refractivity contribution in [1.29, 1.82) is 0 Å². The van der Waals surface area contributed by atoms with E-state index in [1.807, 2.05) is 0 Å². The summed E-state index contributed by atoms with van der Waals surface area (Å²) in [6.45, 7) is 9.56. The molecule has 9 nitrogen and oxygen atoms in total. The molecule has 2 saturated heterocycles. The number of carbonyl (C=O) groups is 3. The Morgan fingerprint density at radius 1 is 1.00 bits per heavy atom. The van der Waals surface area contributed by atoms with Gasteiger partial charge in [0.25, 0.3) is 12.9 Å². The Labute approximate surface area is 161 Å². The molecule has 1 amide bonds. The Morgan fingerprint density at radius 3 is 2.00 bits per heavy atom. The molecule has 2 aliphatic rings. The molecule has 27 heavy (non-hydrogen) atoms. The molecule has 158 valence electrons. The quantitative estimate of drug-likeness (QED) is 0.477. The van der Waals surface area contributed by atoms with Crippen LogP contribution in [0.3, 0.4) is 0 Å². The second kappa shape index (κ2) is 16.5. The molecule has 0 radical (unpaired) electrons. The molecule has 0 aromatic carbocycles. The van der Waals surface area contributed by atoms with Crippen LogP contribution in [-0.4, -0.2) is 109 Å². The van der Waals surface area contributed by atoms with E-state index in [0.29, 0.717) is 5.91 Å². The molecule has 0 aromatic heterocycles. The van der Waals surface area contributed by atoms with Gasteiger partial charge in [-0.3, -0.25) is 24.2 Å². The number of rotatable bonds is 7. The normalized spacial score (nSPS) is 18.5. The number of likely N-dealkylation sites (tertiary alicyclic amines) is 1. The number of ether oxygens (including phenoxy) is 1. The summed E-state index contributed by atoms with van der Waals surface area (Å²) in [7, 11) is 1.76. The average molecular weight is 389 g/mol. The van der Waals surface area contributed by atoms with Crippen molar-refractivity contribution in [1.82, 2.24) is 14.7 Å². The van der Waals surface area contributed by atoms with Crippen molar-refractivity contribution in [3.05, 3.63) is 0 Å². The number of amides is 1. The van der Waals surface area contributed by atoms with Gasteiger partial charge < -0.3 is 19.8 Å². The maximum atomic E-state index is 12.5. The van der Waals surface area contributed by atoms with Gasteiger partial charge in [-0.25, -0.2) is 0 Å². The van der Waals surface area contributed by atoms with Crippen molar-refractivity contribution in [2.75, 3.05) is 59.5 Å². The lowest BCUT2D eigenvalue weighted by Gasteiger charge is -2.37. The second-order valence-electron chi connectivity index (χ2n) is 6.50. The summed E-state index contributed by atoms with van der Waals surface area (Å²) in [4.78, 5) is 36.1. The predicted octanol–water partition coefficient (Wildman–Crippen LogP) is 0.443. The zero-order valence-electron chi connectivity index (χ0n) is 16.6. The molecule has 9 heteroatoms. The van der Waals surface area contributed by atoms with Gasteiger partial charge >= 0.3 is 0 Å². The van der Waals surface area contributed by atoms with E-state index in [1.54, 1.807) is 7.11 Å². The summed E-state index contributed by atoms with van der Waals surface area (Å²) in [5.41, 5.74) is 0. The number of nitrogens with zero attached hydrogens (tertiary/aromatic N) is 3. The number of carboxylic acid groups (broad SMARTS) is 2. The third kappa shape index (κ3) is 10.9. The van der Waals surface area contributed by atoms with Gasteiger partial charge in [0, 0.05) is 39.9 Å². The molecule has 0 saturated carbocycles. The van der Waals surface area contributed by atoms with Crippen LogP contribution in [-0.2, 0) is 19.1 Å². The summed E-state index contributed by atoms with van der Waals surface area (Å²) in [6.07, 6.45) is 4.80. The zero-order valence-corrected chi connectivity index (χ0v) is 16.6. The van der Waals surface area contributed by atoms with Gasteiger partial charge in [0.1, 0.15) is 0 Å². The van der Waals surface area contributed by atoms with Crippen LogP contribution in [0, 0.1) is 0 Å². The lowest BCUT2D eigenvalue weighted by Crippen LogP contribution is -2.53. The average Bonchev–Trinajstić information content (AvgIpc) is 3.21. The van der Waals surface area contributed by atoms with Crippen LogP contribution in [0.2, 0.25) is 0 Å². The number of piperazine rings is 1. The van der Waals surface area contributed by atoms with Gasteiger partial charge in [-0.15, -0.1) is 0 Å². The molecule has 2 rings (SSSR count). The highest BCUT2D eigenvalue weighted by Crippen LogP contribution is 2.14. The Kier molecular flexibility index (Phi) is 15.4. The first-order chi connectivity index (χ1) is 13.0. The molecule has 2 heterocycles. The maximum absolute atomic E-state index is 12.5. The van der Waals surface area contributed by atoms with Gasteiger partial charge in [-0.05, 0) is 52.2 Å². The number of carbonyl (C=O) groups excluding carboxylic acids is 1. The smallest absolute Gasteiger partial charge is 0.290 e. The van der Waals surface area contributed by atoms with Crippen LogP contribution in [0.15, 0.2) is 0 Å². The molecule has 2 N–H and O–H groups in total. The highest BCUT2D eigenvalue weighted by molar-refractivity contribution is 5.81. The molecule has 0 aliphatic carbocycles. The Morgan fingerprint density at radius 2 is 1.52 bits per heavy atom. The maximum Gasteiger partial charge on any atom is 0.290 e. The van der Waals surface area contributed by atoms with E-state index in [0.717, 1.165) is 58.8 Å². The number of methoxy groups -OCH3 is 1. The van der Waals surface area contributed by atoms with Crippen LogP contribution in [0.5, 0.6) is 0 Å². The van der Waals surface area contributed by atoms with E-state index in [4.69, 9.17) is 24.5 Å². The minimum atomic E-state index is -0.250. The Bertz CT molecular complexity index is 391. The van der Waals surface area contributed by atoms with Crippen LogP contribution in [0.1, 0.15) is 32.6 Å². The van der Waals surface area contributed by atoms with E-state index >= 15 is 0 Å². The van der Waals surface area contributed by atoms with E-state index < -0.39 is 0 Å². The SMILES string of the molecule is COCCCCN1CCN(C(=O)C(C)N2CCCC2)CC1.O=CO.O=CO. The minimum absolute atomic E-state index is 0.0701. The van der Waals surface area contributed by atoms with Crippen LogP contribution in [0.25, 0.3) is 0 Å². The van der Waals surface area contributed by atoms with Gasteiger partial charge in [-0.2, -0.15) is 0 Å². The summed E-state index contributed by atoms with van der Waals surface area (Å²) < 4.78 is 5.08. The van der Waals surface area contributed by atoms with Crippen molar-refractivity contribution >= 4 is 18.9 Å². The van der Waals surface area contributed by atoms with Crippen molar-refractivity contribution in [3.8, 4) is 0 Å². The minimum Gasteiger partial charge on any atom is -0.483 e. The first-order valence-electron chi connectivity index (χ1n) is 9.45. The largest absolute Gasteiger partial charge is 0.483 e. The van der Waals surface area contributed by atoms with Crippen LogP contribution in [0.4, 0.5) is 0 Å². The molecule has 0 aromatic rings. The molecular formula is C18H35N3O6. The first-order valence-corrected chi connectivity index (χ1v) is 9.45. The van der Waals surface area contributed by atoms with Gasteiger partial charge in [-0.1, -0.05) is 0 Å². The van der Waals surface area contributed by atoms with Crippen molar-refractivity contribution in [2.45, 2.75) is 38.6 Å². The molecule has 1 atom stereocenters. The summed E-state index contributed by atoms with van der Waals surface area (Å²) in [6, 6.07) is 0.0701. The summed E-state index contributed by atoms with van der Waals surface area (Å²) in [5.74, 6) is 0.330. The zero-order chi connectivity index (χ0) is 20.5. The third-order valence-corrected chi connectivity index (χ3v) is 4.80. The fourth-order valence-electron chi connectivity index (χ4n) is 3.32. The highest BCUT2D eigenvalue weighted by atomic mass is 16.5. The monoisotopic (exact) mass is 389 g/mol. The van der Waals surface area contributed by atoms with E-state index in [-0.39, 0.29) is 19.0 Å². The van der Waals surface area contributed by atoms with E-state index in [2.05, 4.69) is 21.6 Å². The molecule has 2 aliphatic heterocycles. The van der Waals surface area contributed by atoms with Crippen molar-refractivity contribution in [3.63, 3.8) is 0 Å². The number of hydrogen-bond acceptors (Lipinski definition) is 6. The Hall–Kier alpha value is -1.71. The first kappa shape index (κ1) is 25.3. The summed E-state index contributed by atoms with van der Waals surface area (Å²) in [5, 5.41) is 13.8.